The molecule has 0 bridgehead atoms. The Kier molecular flexibility index (Phi) is 5.73. The van der Waals surface area contributed by atoms with Crippen molar-refractivity contribution in [1.82, 2.24) is 9.62 Å². The molecule has 0 radical (unpaired) electrons. The van der Waals surface area contributed by atoms with Crippen molar-refractivity contribution in [2.24, 2.45) is 0 Å². The number of halogens is 1. The second kappa shape index (κ2) is 8.01. The lowest BCUT2D eigenvalue weighted by Gasteiger charge is -2.34. The minimum atomic E-state index is -3.76. The van der Waals surface area contributed by atoms with Gasteiger partial charge in [0, 0.05) is 19.0 Å². The van der Waals surface area contributed by atoms with E-state index in [4.69, 9.17) is 4.42 Å². The fraction of sp³-hybridized carbons (Fsp3) is 0.389. The van der Waals surface area contributed by atoms with E-state index >= 15 is 0 Å². The summed E-state index contributed by atoms with van der Waals surface area (Å²) in [6.45, 7) is 0.624. The monoisotopic (exact) mass is 380 g/mol. The highest BCUT2D eigenvalue weighted by Gasteiger charge is 2.34. The smallest absolute Gasteiger partial charge is 0.243 e. The van der Waals surface area contributed by atoms with E-state index in [9.17, 15) is 17.6 Å². The largest absolute Gasteiger partial charge is 0.467 e. The Morgan fingerprint density at radius 1 is 1.23 bits per heavy atom. The second-order valence-corrected chi connectivity index (χ2v) is 8.17. The molecule has 1 atom stereocenters. The molecule has 1 N–H and O–H groups in total. The van der Waals surface area contributed by atoms with E-state index in [0.717, 1.165) is 25.0 Å². The van der Waals surface area contributed by atoms with Gasteiger partial charge in [0.1, 0.15) is 11.6 Å². The molecule has 1 saturated heterocycles. The molecule has 3 rings (SSSR count). The summed E-state index contributed by atoms with van der Waals surface area (Å²) < 4.78 is 45.4. The number of carbonyl (C=O) groups is 1. The maximum Gasteiger partial charge on any atom is 0.243 e. The number of carbonyl (C=O) groups excluding carboxylic acids is 1. The summed E-state index contributed by atoms with van der Waals surface area (Å²) >= 11 is 0. The van der Waals surface area contributed by atoms with Crippen molar-refractivity contribution in [1.29, 1.82) is 0 Å². The molecule has 140 valence electrons. The number of piperidine rings is 1. The maximum atomic E-state index is 13.1. The Labute approximate surface area is 152 Å². The molecule has 1 unspecified atom stereocenters. The second-order valence-electron chi connectivity index (χ2n) is 6.28. The molecule has 1 aliphatic heterocycles. The topological polar surface area (TPSA) is 79.6 Å². The van der Waals surface area contributed by atoms with Crippen LogP contribution in [0.5, 0.6) is 0 Å². The summed E-state index contributed by atoms with van der Waals surface area (Å²) in [7, 11) is -3.76. The lowest BCUT2D eigenvalue weighted by molar-refractivity contribution is -0.122. The highest BCUT2D eigenvalue weighted by molar-refractivity contribution is 7.89. The number of nitrogens with one attached hydrogen (secondary N) is 1. The zero-order valence-corrected chi connectivity index (χ0v) is 15.0. The summed E-state index contributed by atoms with van der Waals surface area (Å²) in [4.78, 5) is 12.3. The Bertz CT molecular complexity index is 835. The lowest BCUT2D eigenvalue weighted by atomic mass is 10.0. The van der Waals surface area contributed by atoms with Gasteiger partial charge < -0.3 is 9.73 Å². The van der Waals surface area contributed by atoms with Crippen LogP contribution in [-0.2, 0) is 21.4 Å². The summed E-state index contributed by atoms with van der Waals surface area (Å²) in [6, 6.07) is 7.85. The van der Waals surface area contributed by atoms with Crippen LogP contribution in [0.25, 0.3) is 0 Å². The lowest BCUT2D eigenvalue weighted by Crippen LogP contribution is -2.45. The third-order valence-electron chi connectivity index (χ3n) is 4.45. The summed E-state index contributed by atoms with van der Waals surface area (Å²) in [5, 5.41) is 2.75. The number of amides is 1. The zero-order valence-electron chi connectivity index (χ0n) is 14.2. The number of rotatable bonds is 6. The fourth-order valence-corrected chi connectivity index (χ4v) is 4.81. The average molecular weight is 380 g/mol. The van der Waals surface area contributed by atoms with Gasteiger partial charge >= 0.3 is 0 Å². The van der Waals surface area contributed by atoms with Crippen molar-refractivity contribution >= 4 is 15.9 Å². The molecule has 0 aliphatic carbocycles. The first-order valence-corrected chi connectivity index (χ1v) is 9.97. The van der Waals surface area contributed by atoms with E-state index in [1.807, 2.05) is 0 Å². The van der Waals surface area contributed by atoms with E-state index in [2.05, 4.69) is 5.32 Å². The van der Waals surface area contributed by atoms with Gasteiger partial charge in [0.2, 0.25) is 15.9 Å². The summed E-state index contributed by atoms with van der Waals surface area (Å²) in [6.07, 6.45) is 3.84. The van der Waals surface area contributed by atoms with Crippen LogP contribution in [-0.4, -0.2) is 31.2 Å². The third-order valence-corrected chi connectivity index (χ3v) is 6.42. The molecule has 8 heteroatoms. The minimum Gasteiger partial charge on any atom is -0.467 e. The molecule has 0 spiro atoms. The van der Waals surface area contributed by atoms with Crippen molar-refractivity contribution in [2.75, 3.05) is 6.54 Å². The molecule has 26 heavy (non-hydrogen) atoms. The predicted octanol–water partition coefficient (Wildman–Crippen LogP) is 2.67. The molecule has 1 amide bonds. The maximum absolute atomic E-state index is 13.1. The quantitative estimate of drug-likeness (QED) is 0.836. The molecule has 0 saturated carbocycles. The number of nitrogens with zero attached hydrogens (tertiary/aromatic N) is 1. The van der Waals surface area contributed by atoms with Crippen LogP contribution in [0.15, 0.2) is 52.0 Å². The van der Waals surface area contributed by atoms with E-state index < -0.39 is 21.9 Å². The van der Waals surface area contributed by atoms with Gasteiger partial charge in [-0.05, 0) is 49.2 Å². The Balaban J connectivity index is 1.68. The molecule has 6 nitrogen and oxygen atoms in total. The molecular formula is C18H21FN2O4S. The SMILES string of the molecule is O=C(CC1CCCCN1S(=O)(=O)c1ccc(F)cc1)NCc1ccco1. The number of benzene rings is 1. The van der Waals surface area contributed by atoms with Gasteiger partial charge in [-0.25, -0.2) is 12.8 Å². The molecule has 1 fully saturated rings. The van der Waals surface area contributed by atoms with Crippen molar-refractivity contribution in [2.45, 2.75) is 43.2 Å². The molecule has 2 aromatic rings. The summed E-state index contributed by atoms with van der Waals surface area (Å²) in [5.74, 6) is -0.0816. The van der Waals surface area contributed by atoms with Gasteiger partial charge in [0.15, 0.2) is 0 Å². The van der Waals surface area contributed by atoms with Crippen LogP contribution in [0, 0.1) is 5.82 Å². The first kappa shape index (κ1) is 18.6. The predicted molar refractivity (Wildman–Crippen MR) is 93.1 cm³/mol. The van der Waals surface area contributed by atoms with E-state index in [1.165, 1.54) is 22.7 Å². The Morgan fingerprint density at radius 2 is 2.00 bits per heavy atom. The number of furan rings is 1. The molecular weight excluding hydrogens is 359 g/mol. The Morgan fingerprint density at radius 3 is 2.69 bits per heavy atom. The molecule has 2 heterocycles. The average Bonchev–Trinajstić information content (AvgIpc) is 3.14. The number of sulfonamides is 1. The summed E-state index contributed by atoms with van der Waals surface area (Å²) in [5.41, 5.74) is 0. The van der Waals surface area contributed by atoms with Crippen LogP contribution in [0.2, 0.25) is 0 Å². The van der Waals surface area contributed by atoms with Gasteiger partial charge in [-0.2, -0.15) is 4.31 Å². The van der Waals surface area contributed by atoms with E-state index in [-0.39, 0.29) is 23.8 Å². The van der Waals surface area contributed by atoms with Crippen LogP contribution in [0.4, 0.5) is 4.39 Å². The molecule has 1 aliphatic rings. The normalized spacial score (nSPS) is 18.6. The van der Waals surface area contributed by atoms with Gasteiger partial charge in [-0.15, -0.1) is 0 Å². The van der Waals surface area contributed by atoms with Crippen molar-refractivity contribution < 1.29 is 22.0 Å². The third kappa shape index (κ3) is 4.31. The van der Waals surface area contributed by atoms with Gasteiger partial charge in [0.25, 0.3) is 0 Å². The highest BCUT2D eigenvalue weighted by atomic mass is 32.2. The van der Waals surface area contributed by atoms with Crippen LogP contribution < -0.4 is 5.32 Å². The molecule has 1 aromatic heterocycles. The standard InChI is InChI=1S/C18H21FN2O4S/c19-14-6-8-17(9-7-14)26(23,24)21-10-2-1-4-15(21)12-18(22)20-13-16-5-3-11-25-16/h3,5-9,11,15H,1-2,4,10,12-13H2,(H,20,22). The first-order chi connectivity index (χ1) is 12.5. The van der Waals surface area contributed by atoms with E-state index in [0.29, 0.717) is 18.7 Å². The van der Waals surface area contributed by atoms with Crippen molar-refractivity contribution in [3.63, 3.8) is 0 Å². The van der Waals surface area contributed by atoms with Gasteiger partial charge in [0.05, 0.1) is 17.7 Å². The van der Waals surface area contributed by atoms with E-state index in [1.54, 1.807) is 12.1 Å². The van der Waals surface area contributed by atoms with Crippen LogP contribution in [0.3, 0.4) is 0 Å². The first-order valence-electron chi connectivity index (χ1n) is 8.53. The fourth-order valence-electron chi connectivity index (χ4n) is 3.12. The highest BCUT2D eigenvalue weighted by Crippen LogP contribution is 2.27. The van der Waals surface area contributed by atoms with Crippen molar-refractivity contribution in [3.8, 4) is 0 Å². The molecule has 1 aromatic carbocycles. The van der Waals surface area contributed by atoms with Crippen LogP contribution >= 0.6 is 0 Å². The Hall–Kier alpha value is -2.19. The van der Waals surface area contributed by atoms with Crippen LogP contribution in [0.1, 0.15) is 31.4 Å². The minimum absolute atomic E-state index is 0.0433. The van der Waals surface area contributed by atoms with Gasteiger partial charge in [-0.3, -0.25) is 4.79 Å². The van der Waals surface area contributed by atoms with Crippen molar-refractivity contribution in [3.05, 3.63) is 54.2 Å². The zero-order chi connectivity index (χ0) is 18.6. The number of hydrogen-bond donors (Lipinski definition) is 1. The number of hydrogen-bond acceptors (Lipinski definition) is 4. The van der Waals surface area contributed by atoms with Gasteiger partial charge in [-0.1, -0.05) is 6.42 Å².